The quantitative estimate of drug-likeness (QED) is 0.151. The number of aliphatic hydroxyl groups excluding tert-OH is 8. The lowest BCUT2D eigenvalue weighted by molar-refractivity contribution is -0.383. The summed E-state index contributed by atoms with van der Waals surface area (Å²) in [4.78, 5) is 11.2. The molecule has 3 rings (SSSR count). The van der Waals surface area contributed by atoms with E-state index < -0.39 is 74.6 Å². The molecule has 0 unspecified atom stereocenters. The Kier molecular flexibility index (Phi) is 11.4. The zero-order valence-electron chi connectivity index (χ0n) is 19.5. The van der Waals surface area contributed by atoms with Gasteiger partial charge >= 0.3 is 5.97 Å². The van der Waals surface area contributed by atoms with Crippen molar-refractivity contribution in [2.45, 2.75) is 68.1 Å². The van der Waals surface area contributed by atoms with Crippen LogP contribution in [0.3, 0.4) is 0 Å². The summed E-state index contributed by atoms with van der Waals surface area (Å²) in [7, 11) is 0. The van der Waals surface area contributed by atoms with E-state index in [1.165, 1.54) is 24.3 Å². The summed E-state index contributed by atoms with van der Waals surface area (Å²) in [6, 6.07) is 5.99. The molecule has 1 aromatic rings. The van der Waals surface area contributed by atoms with Crippen LogP contribution < -0.4 is 0 Å². The molecular formula is C22H34O14. The minimum absolute atomic E-state index is 0.145. The Labute approximate surface area is 206 Å². The van der Waals surface area contributed by atoms with Crippen LogP contribution in [0.25, 0.3) is 0 Å². The van der Waals surface area contributed by atoms with E-state index in [-0.39, 0.29) is 11.7 Å². The monoisotopic (exact) mass is 522 g/mol. The molecule has 9 atom stereocenters. The van der Waals surface area contributed by atoms with Gasteiger partial charge in [-0.3, -0.25) is 0 Å². The van der Waals surface area contributed by atoms with E-state index in [1.54, 1.807) is 0 Å². The molecule has 2 aliphatic heterocycles. The smallest absolute Gasteiger partial charge is 0.338 e. The zero-order valence-corrected chi connectivity index (χ0v) is 19.5. The van der Waals surface area contributed by atoms with Gasteiger partial charge in [0.1, 0.15) is 55.1 Å². The SMILES string of the molecule is CCCOC(=O)c1ccc(O)cc1.OC[C@H]1O[C@@](CO)(O[C@H]2O[C@H](CO)[C@@H](O)[C@H](O)[C@H]2O)[C@@H](O)[C@@H]1O. The van der Waals surface area contributed by atoms with Crippen molar-refractivity contribution in [2.24, 2.45) is 0 Å². The maximum atomic E-state index is 11.2. The summed E-state index contributed by atoms with van der Waals surface area (Å²) in [6.45, 7) is 0.0425. The Morgan fingerprint density at radius 3 is 2.03 bits per heavy atom. The molecule has 2 saturated heterocycles. The second-order valence-electron chi connectivity index (χ2n) is 8.24. The Bertz CT molecular complexity index is 804. The third-order valence-corrected chi connectivity index (χ3v) is 5.61. The molecule has 0 spiro atoms. The maximum Gasteiger partial charge on any atom is 0.338 e. The zero-order chi connectivity index (χ0) is 27.0. The van der Waals surface area contributed by atoms with Gasteiger partial charge in [-0.25, -0.2) is 4.79 Å². The molecule has 2 fully saturated rings. The number of hydrogen-bond donors (Lipinski definition) is 9. The first-order chi connectivity index (χ1) is 17.0. The fourth-order valence-electron chi connectivity index (χ4n) is 3.51. The van der Waals surface area contributed by atoms with E-state index in [2.05, 4.69) is 0 Å². The van der Waals surface area contributed by atoms with E-state index in [1.807, 2.05) is 6.92 Å². The standard InChI is InChI=1S/C12H22O11.C10H12O3/c13-1-4-6(16)8(18)9(19)11(21-4)23-12(3-15)10(20)7(17)5(2-14)22-12;1-2-7-13-10(12)8-3-5-9(11)6-4-8/h4-11,13-20H,1-3H2;3-6,11H,2,7H2,1H3/t4-,5-,6-,7-,8+,9-,10+,11-,12+;/m1./s1. The van der Waals surface area contributed by atoms with Gasteiger partial charge in [0.15, 0.2) is 6.29 Å². The van der Waals surface area contributed by atoms with Gasteiger partial charge in [0.2, 0.25) is 5.79 Å². The molecule has 0 aliphatic carbocycles. The van der Waals surface area contributed by atoms with Crippen molar-refractivity contribution in [1.29, 1.82) is 0 Å². The molecular weight excluding hydrogens is 488 g/mol. The van der Waals surface area contributed by atoms with E-state index >= 15 is 0 Å². The predicted molar refractivity (Wildman–Crippen MR) is 117 cm³/mol. The highest BCUT2D eigenvalue weighted by Crippen LogP contribution is 2.35. The molecule has 36 heavy (non-hydrogen) atoms. The Hall–Kier alpha value is -1.95. The van der Waals surface area contributed by atoms with Crippen LogP contribution in [-0.4, -0.2) is 133 Å². The summed E-state index contributed by atoms with van der Waals surface area (Å²) in [5.41, 5.74) is 0.464. The first-order valence-electron chi connectivity index (χ1n) is 11.2. The van der Waals surface area contributed by atoms with Gasteiger partial charge in [-0.1, -0.05) is 6.92 Å². The summed E-state index contributed by atoms with van der Waals surface area (Å²) in [5.74, 6) is -2.42. The molecule has 2 heterocycles. The number of carbonyl (C=O) groups excluding carboxylic acids is 1. The first-order valence-corrected chi connectivity index (χ1v) is 11.2. The van der Waals surface area contributed by atoms with Crippen molar-refractivity contribution in [1.82, 2.24) is 0 Å². The number of aliphatic hydroxyl groups is 8. The van der Waals surface area contributed by atoms with Gasteiger partial charge in [-0.05, 0) is 30.7 Å². The number of benzene rings is 1. The molecule has 0 bridgehead atoms. The molecule has 2 aliphatic rings. The number of ether oxygens (including phenoxy) is 4. The molecule has 14 heteroatoms. The number of carbonyl (C=O) groups is 1. The second kappa shape index (κ2) is 13.6. The molecule has 0 aromatic heterocycles. The average molecular weight is 523 g/mol. The lowest BCUT2D eigenvalue weighted by Gasteiger charge is -2.43. The van der Waals surface area contributed by atoms with Crippen molar-refractivity contribution < 1.29 is 69.7 Å². The summed E-state index contributed by atoms with van der Waals surface area (Å²) in [6.07, 6.45) is -11.8. The van der Waals surface area contributed by atoms with Crippen LogP contribution in [0.5, 0.6) is 5.75 Å². The lowest BCUT2D eigenvalue weighted by atomic mass is 9.99. The number of rotatable bonds is 8. The fourth-order valence-corrected chi connectivity index (χ4v) is 3.51. The van der Waals surface area contributed by atoms with E-state index in [0.717, 1.165) is 6.42 Å². The summed E-state index contributed by atoms with van der Waals surface area (Å²) < 4.78 is 20.3. The van der Waals surface area contributed by atoms with Crippen LogP contribution in [0, 0.1) is 0 Å². The topological polar surface area (TPSA) is 236 Å². The highest BCUT2D eigenvalue weighted by molar-refractivity contribution is 5.89. The van der Waals surface area contributed by atoms with Gasteiger partial charge in [0.25, 0.3) is 0 Å². The molecule has 0 amide bonds. The van der Waals surface area contributed by atoms with Crippen molar-refractivity contribution in [2.75, 3.05) is 26.4 Å². The molecule has 0 radical (unpaired) electrons. The van der Waals surface area contributed by atoms with Crippen molar-refractivity contribution in [3.63, 3.8) is 0 Å². The first kappa shape index (κ1) is 30.3. The van der Waals surface area contributed by atoms with Crippen LogP contribution in [0.15, 0.2) is 24.3 Å². The van der Waals surface area contributed by atoms with Crippen LogP contribution in [-0.2, 0) is 18.9 Å². The van der Waals surface area contributed by atoms with Gasteiger partial charge < -0.3 is 64.9 Å². The summed E-state index contributed by atoms with van der Waals surface area (Å²) in [5, 5.41) is 85.6. The van der Waals surface area contributed by atoms with Crippen molar-refractivity contribution >= 4 is 5.97 Å². The van der Waals surface area contributed by atoms with E-state index in [4.69, 9.17) is 34.3 Å². The fraction of sp³-hybridized carbons (Fsp3) is 0.682. The Balaban J connectivity index is 0.000000297. The van der Waals surface area contributed by atoms with Gasteiger partial charge in [-0.15, -0.1) is 0 Å². The predicted octanol–water partition coefficient (Wildman–Crippen LogP) is -3.44. The molecule has 1 aromatic carbocycles. The van der Waals surface area contributed by atoms with Crippen molar-refractivity contribution in [3.05, 3.63) is 29.8 Å². The highest BCUT2D eigenvalue weighted by Gasteiger charge is 2.58. The maximum absolute atomic E-state index is 11.2. The largest absolute Gasteiger partial charge is 0.508 e. The lowest BCUT2D eigenvalue weighted by Crippen LogP contribution is -2.62. The van der Waals surface area contributed by atoms with E-state index in [9.17, 15) is 35.4 Å². The number of phenolic OH excluding ortho intramolecular Hbond substituents is 1. The Morgan fingerprint density at radius 2 is 1.53 bits per heavy atom. The molecule has 0 saturated carbocycles. The minimum Gasteiger partial charge on any atom is -0.508 e. The van der Waals surface area contributed by atoms with Crippen LogP contribution in [0.4, 0.5) is 0 Å². The molecule has 206 valence electrons. The average Bonchev–Trinajstić information content (AvgIpc) is 3.13. The second-order valence-corrected chi connectivity index (χ2v) is 8.24. The van der Waals surface area contributed by atoms with Crippen molar-refractivity contribution in [3.8, 4) is 5.75 Å². The third kappa shape index (κ3) is 6.87. The number of phenols is 1. The van der Waals surface area contributed by atoms with Crippen LogP contribution in [0.1, 0.15) is 23.7 Å². The van der Waals surface area contributed by atoms with Crippen LogP contribution in [0.2, 0.25) is 0 Å². The number of esters is 1. The minimum atomic E-state index is -2.22. The van der Waals surface area contributed by atoms with Gasteiger partial charge in [0, 0.05) is 0 Å². The number of hydrogen-bond acceptors (Lipinski definition) is 14. The normalized spacial score (nSPS) is 36.1. The molecule has 9 N–H and O–H groups in total. The molecule has 14 nitrogen and oxygen atoms in total. The van der Waals surface area contributed by atoms with Gasteiger partial charge in [0.05, 0.1) is 25.4 Å². The number of aromatic hydroxyl groups is 1. The van der Waals surface area contributed by atoms with Crippen LogP contribution >= 0.6 is 0 Å². The highest BCUT2D eigenvalue weighted by atomic mass is 16.8. The Morgan fingerprint density at radius 1 is 0.917 bits per heavy atom. The van der Waals surface area contributed by atoms with Gasteiger partial charge in [-0.2, -0.15) is 0 Å². The van der Waals surface area contributed by atoms with E-state index in [0.29, 0.717) is 12.2 Å². The summed E-state index contributed by atoms with van der Waals surface area (Å²) >= 11 is 0. The third-order valence-electron chi connectivity index (χ3n) is 5.61.